The van der Waals surface area contributed by atoms with Gasteiger partial charge in [0.25, 0.3) is 17.9 Å². The molecule has 0 saturated heterocycles. The second kappa shape index (κ2) is 7.77. The van der Waals surface area contributed by atoms with E-state index in [2.05, 4.69) is 15.3 Å². The average molecular weight is 371 g/mol. The Kier molecular flexibility index (Phi) is 5.25. The summed E-state index contributed by atoms with van der Waals surface area (Å²) in [6, 6.07) is 8.67. The first kappa shape index (κ1) is 18.2. The van der Waals surface area contributed by atoms with Gasteiger partial charge in [-0.05, 0) is 42.0 Å². The van der Waals surface area contributed by atoms with Crippen LogP contribution in [-0.4, -0.2) is 23.0 Å². The fourth-order valence-corrected chi connectivity index (χ4v) is 2.53. The van der Waals surface area contributed by atoms with E-state index in [4.69, 9.17) is 4.74 Å². The van der Waals surface area contributed by atoms with Gasteiger partial charge in [0.05, 0.1) is 12.7 Å². The number of anilines is 1. The summed E-state index contributed by atoms with van der Waals surface area (Å²) in [5, 5.41) is 2.46. The zero-order valence-electron chi connectivity index (χ0n) is 14.2. The lowest BCUT2D eigenvalue weighted by atomic mass is 10.1. The first-order valence-corrected chi connectivity index (χ1v) is 7.90. The molecule has 2 aromatic heterocycles. The van der Waals surface area contributed by atoms with E-state index in [1.165, 1.54) is 31.5 Å². The van der Waals surface area contributed by atoms with E-state index in [-0.39, 0.29) is 17.0 Å². The highest BCUT2D eigenvalue weighted by Gasteiger charge is 2.18. The third-order valence-electron chi connectivity index (χ3n) is 3.89. The Bertz CT molecular complexity index is 1020. The van der Waals surface area contributed by atoms with Crippen molar-refractivity contribution in [2.45, 2.75) is 6.43 Å². The molecule has 138 valence electrons. The largest absolute Gasteiger partial charge is 0.496 e. The molecule has 0 saturated carbocycles. The molecule has 0 bridgehead atoms. The maximum absolute atomic E-state index is 13.1. The van der Waals surface area contributed by atoms with Crippen molar-refractivity contribution in [1.29, 1.82) is 0 Å². The van der Waals surface area contributed by atoms with Crippen molar-refractivity contribution in [3.05, 3.63) is 76.5 Å². The molecule has 0 atom stereocenters. The zero-order valence-corrected chi connectivity index (χ0v) is 14.2. The van der Waals surface area contributed by atoms with Crippen LogP contribution in [0, 0.1) is 0 Å². The summed E-state index contributed by atoms with van der Waals surface area (Å²) in [6.07, 6.45) is 1.91. The molecule has 27 heavy (non-hydrogen) atoms. The van der Waals surface area contributed by atoms with Crippen molar-refractivity contribution in [2.24, 2.45) is 0 Å². The molecule has 3 aromatic rings. The number of rotatable bonds is 5. The minimum atomic E-state index is -2.80. The molecule has 2 N–H and O–H groups in total. The predicted octanol–water partition coefficient (Wildman–Crippen LogP) is 3.64. The van der Waals surface area contributed by atoms with Crippen molar-refractivity contribution in [3.63, 3.8) is 0 Å². The van der Waals surface area contributed by atoms with Crippen molar-refractivity contribution in [2.75, 3.05) is 12.4 Å². The molecular weight excluding hydrogens is 356 g/mol. The number of carbonyl (C=O) groups is 1. The van der Waals surface area contributed by atoms with Gasteiger partial charge in [0.1, 0.15) is 11.4 Å². The summed E-state index contributed by atoms with van der Waals surface area (Å²) >= 11 is 0. The van der Waals surface area contributed by atoms with Crippen molar-refractivity contribution >= 4 is 11.6 Å². The van der Waals surface area contributed by atoms with Crippen LogP contribution in [0.3, 0.4) is 0 Å². The van der Waals surface area contributed by atoms with Crippen LogP contribution in [-0.2, 0) is 0 Å². The topological polar surface area (TPSA) is 84.1 Å². The number of pyridine rings is 2. The third kappa shape index (κ3) is 4.00. The second-order valence-electron chi connectivity index (χ2n) is 5.58. The maximum Gasteiger partial charge on any atom is 0.271 e. The summed E-state index contributed by atoms with van der Waals surface area (Å²) in [6.45, 7) is 0. The summed E-state index contributed by atoms with van der Waals surface area (Å²) in [5.74, 6) is -0.698. The molecule has 8 heteroatoms. The number of hydrogen-bond acceptors (Lipinski definition) is 4. The molecule has 0 aliphatic heterocycles. The van der Waals surface area contributed by atoms with Crippen molar-refractivity contribution in [1.82, 2.24) is 9.97 Å². The number of carbonyl (C=O) groups excluding carboxylic acids is 1. The Balaban J connectivity index is 1.90. The van der Waals surface area contributed by atoms with Gasteiger partial charge in [-0.1, -0.05) is 0 Å². The summed E-state index contributed by atoms with van der Waals surface area (Å²) in [5.41, 5.74) is 0.536. The summed E-state index contributed by atoms with van der Waals surface area (Å²) in [4.78, 5) is 30.9. The number of hydrogen-bond donors (Lipinski definition) is 2. The van der Waals surface area contributed by atoms with E-state index >= 15 is 0 Å². The lowest BCUT2D eigenvalue weighted by molar-refractivity contribution is 0.102. The second-order valence-corrected chi connectivity index (χ2v) is 5.58. The molecule has 1 aromatic carbocycles. The Hall–Kier alpha value is -3.55. The van der Waals surface area contributed by atoms with E-state index in [1.54, 1.807) is 24.5 Å². The first-order chi connectivity index (χ1) is 13.0. The third-order valence-corrected chi connectivity index (χ3v) is 3.89. The Morgan fingerprint density at radius 1 is 1.15 bits per heavy atom. The lowest BCUT2D eigenvalue weighted by Gasteiger charge is -2.11. The van der Waals surface area contributed by atoms with Gasteiger partial charge in [0.2, 0.25) is 0 Å². The van der Waals surface area contributed by atoms with Crippen LogP contribution in [0.1, 0.15) is 22.3 Å². The van der Waals surface area contributed by atoms with Crippen LogP contribution in [0.5, 0.6) is 5.75 Å². The average Bonchev–Trinajstić information content (AvgIpc) is 2.69. The highest BCUT2D eigenvalue weighted by molar-refractivity contribution is 6.04. The van der Waals surface area contributed by atoms with Crippen LogP contribution in [0.25, 0.3) is 11.1 Å². The fraction of sp³-hybridized carbons (Fsp3) is 0.105. The highest BCUT2D eigenvalue weighted by atomic mass is 19.3. The Morgan fingerprint density at radius 2 is 1.89 bits per heavy atom. The van der Waals surface area contributed by atoms with Crippen LogP contribution in [0.4, 0.5) is 14.5 Å². The minimum Gasteiger partial charge on any atom is -0.496 e. The standard InChI is InChI=1S/C19H15F2N3O3/c1-27-16-3-2-12(8-14(16)17(20)21)18(25)24-15-9-13(10-23-19(15)26)11-4-6-22-7-5-11/h2-10,17H,1H3,(H,23,26)(H,24,25). The molecule has 2 heterocycles. The summed E-state index contributed by atoms with van der Waals surface area (Å²) < 4.78 is 31.1. The minimum absolute atomic E-state index is 0.00345. The van der Waals surface area contributed by atoms with Gasteiger partial charge in [0.15, 0.2) is 0 Å². The van der Waals surface area contributed by atoms with Gasteiger partial charge in [0, 0.05) is 29.7 Å². The molecule has 0 aliphatic carbocycles. The van der Waals surface area contributed by atoms with E-state index in [1.807, 2.05) is 0 Å². The summed E-state index contributed by atoms with van der Waals surface area (Å²) in [7, 11) is 1.27. The number of nitrogens with one attached hydrogen (secondary N) is 2. The number of H-pyrrole nitrogens is 1. The number of aromatic nitrogens is 2. The van der Waals surface area contributed by atoms with Gasteiger partial charge in [-0.3, -0.25) is 14.6 Å². The van der Waals surface area contributed by atoms with Crippen LogP contribution < -0.4 is 15.6 Å². The Labute approximate surface area is 152 Å². The van der Waals surface area contributed by atoms with Gasteiger partial charge in [-0.25, -0.2) is 8.78 Å². The number of benzene rings is 1. The number of methoxy groups -OCH3 is 1. The fourth-order valence-electron chi connectivity index (χ4n) is 2.53. The van der Waals surface area contributed by atoms with Gasteiger partial charge in [-0.2, -0.15) is 0 Å². The van der Waals surface area contributed by atoms with E-state index < -0.39 is 23.5 Å². The van der Waals surface area contributed by atoms with E-state index in [0.29, 0.717) is 5.56 Å². The maximum atomic E-state index is 13.1. The predicted molar refractivity (Wildman–Crippen MR) is 96.2 cm³/mol. The normalized spacial score (nSPS) is 10.7. The number of halogens is 2. The molecule has 0 radical (unpaired) electrons. The number of ether oxygens (including phenoxy) is 1. The van der Waals surface area contributed by atoms with Gasteiger partial charge < -0.3 is 15.0 Å². The van der Waals surface area contributed by atoms with Gasteiger partial charge in [-0.15, -0.1) is 0 Å². The quantitative estimate of drug-likeness (QED) is 0.717. The molecule has 0 unspecified atom stereocenters. The monoisotopic (exact) mass is 371 g/mol. The van der Waals surface area contributed by atoms with E-state index in [9.17, 15) is 18.4 Å². The van der Waals surface area contributed by atoms with Crippen molar-refractivity contribution in [3.8, 4) is 16.9 Å². The molecule has 6 nitrogen and oxygen atoms in total. The number of amides is 1. The van der Waals surface area contributed by atoms with Crippen LogP contribution >= 0.6 is 0 Å². The molecule has 0 spiro atoms. The van der Waals surface area contributed by atoms with Gasteiger partial charge >= 0.3 is 0 Å². The number of aromatic amines is 1. The molecular formula is C19H15F2N3O3. The van der Waals surface area contributed by atoms with E-state index in [0.717, 1.165) is 11.6 Å². The zero-order chi connectivity index (χ0) is 19.4. The number of alkyl halides is 2. The molecule has 0 aliphatic rings. The highest BCUT2D eigenvalue weighted by Crippen LogP contribution is 2.30. The lowest BCUT2D eigenvalue weighted by Crippen LogP contribution is -2.20. The smallest absolute Gasteiger partial charge is 0.271 e. The van der Waals surface area contributed by atoms with Crippen molar-refractivity contribution < 1.29 is 18.3 Å². The first-order valence-electron chi connectivity index (χ1n) is 7.90. The molecule has 1 amide bonds. The molecule has 3 rings (SSSR count). The molecule has 0 fully saturated rings. The SMILES string of the molecule is COc1ccc(C(=O)Nc2cc(-c3ccncc3)c[nH]c2=O)cc1C(F)F. The Morgan fingerprint density at radius 3 is 2.56 bits per heavy atom. The van der Waals surface area contributed by atoms with Crippen LogP contribution in [0.15, 0.2) is 59.8 Å². The van der Waals surface area contributed by atoms with Crippen LogP contribution in [0.2, 0.25) is 0 Å². The number of nitrogens with zero attached hydrogens (tertiary/aromatic N) is 1.